The molecule has 2 aromatic rings. The minimum atomic E-state index is -1.36. The molecule has 1 heterocycles. The van der Waals surface area contributed by atoms with Crippen LogP contribution in [0.5, 0.6) is 0 Å². The number of hydrogen-bond donors (Lipinski definition) is 1. The Balaban J connectivity index is 1.71. The van der Waals surface area contributed by atoms with Crippen molar-refractivity contribution in [1.29, 1.82) is 0 Å². The molecule has 0 saturated carbocycles. The van der Waals surface area contributed by atoms with Crippen LogP contribution in [-0.2, 0) is 19.1 Å². The van der Waals surface area contributed by atoms with Gasteiger partial charge in [0.2, 0.25) is 0 Å². The zero-order chi connectivity index (χ0) is 21.7. The number of rotatable bonds is 7. The molecule has 1 aliphatic rings. The van der Waals surface area contributed by atoms with Gasteiger partial charge in [-0.25, -0.2) is 9.18 Å². The first-order chi connectivity index (χ1) is 14.4. The topological polar surface area (TPSA) is 72.8 Å². The second-order valence-electron chi connectivity index (χ2n) is 7.23. The summed E-state index contributed by atoms with van der Waals surface area (Å²) in [6, 6.07) is 13.4. The van der Waals surface area contributed by atoms with E-state index in [0.29, 0.717) is 12.0 Å². The number of benzene rings is 2. The average Bonchev–Trinajstić information content (AvgIpc) is 3.06. The predicted molar refractivity (Wildman–Crippen MR) is 110 cm³/mol. The van der Waals surface area contributed by atoms with Crippen LogP contribution in [0.2, 0.25) is 5.02 Å². The molecule has 30 heavy (non-hydrogen) atoms. The molecule has 7 heteroatoms. The van der Waals surface area contributed by atoms with Crippen LogP contribution in [0.25, 0.3) is 6.08 Å². The lowest BCUT2D eigenvalue weighted by molar-refractivity contribution is -0.167. The van der Waals surface area contributed by atoms with Gasteiger partial charge >= 0.3 is 11.9 Å². The summed E-state index contributed by atoms with van der Waals surface area (Å²) in [6.07, 6.45) is 2.05. The van der Waals surface area contributed by atoms with Crippen LogP contribution < -0.4 is 0 Å². The molecule has 0 spiro atoms. The SMILES string of the molecule is CCC(C(=O)OCC1(CO)C/C(=C/c2ccc(Cl)c(F)c2)C(=O)O1)c1ccccc1. The fourth-order valence-electron chi connectivity index (χ4n) is 3.37. The molecular weight excluding hydrogens is 411 g/mol. The van der Waals surface area contributed by atoms with Gasteiger partial charge in [0.25, 0.3) is 0 Å². The molecule has 1 aliphatic heterocycles. The lowest BCUT2D eigenvalue weighted by Crippen LogP contribution is -2.39. The second kappa shape index (κ2) is 9.41. The van der Waals surface area contributed by atoms with Gasteiger partial charge in [-0.1, -0.05) is 54.9 Å². The van der Waals surface area contributed by atoms with E-state index in [-0.39, 0.29) is 23.6 Å². The normalized spacial score (nSPS) is 20.8. The average molecular weight is 433 g/mol. The van der Waals surface area contributed by atoms with Crippen molar-refractivity contribution in [3.8, 4) is 0 Å². The molecule has 2 unspecified atom stereocenters. The van der Waals surface area contributed by atoms with Gasteiger partial charge in [0, 0.05) is 12.0 Å². The lowest BCUT2D eigenvalue weighted by Gasteiger charge is -2.25. The Hall–Kier alpha value is -2.70. The molecule has 5 nitrogen and oxygen atoms in total. The lowest BCUT2D eigenvalue weighted by atomic mass is 9.96. The fourth-order valence-corrected chi connectivity index (χ4v) is 3.49. The Kier molecular flexibility index (Phi) is 6.90. The molecule has 0 radical (unpaired) electrons. The number of ether oxygens (including phenoxy) is 2. The standard InChI is InChI=1S/C23H22ClFO5/c1-2-18(16-6-4-3-5-7-16)22(28)29-14-23(13-26)12-17(21(27)30-23)10-15-8-9-19(24)20(25)11-15/h3-11,18,26H,2,12-14H2,1H3/b17-10-. The van der Waals surface area contributed by atoms with Gasteiger partial charge in [-0.05, 0) is 35.8 Å². The zero-order valence-corrected chi connectivity index (χ0v) is 17.2. The largest absolute Gasteiger partial charge is 0.461 e. The Morgan fingerprint density at radius 2 is 2.07 bits per heavy atom. The van der Waals surface area contributed by atoms with Crippen molar-refractivity contribution in [2.24, 2.45) is 0 Å². The van der Waals surface area contributed by atoms with E-state index in [1.165, 1.54) is 18.2 Å². The Bertz CT molecular complexity index is 959. The molecule has 1 saturated heterocycles. The van der Waals surface area contributed by atoms with Gasteiger partial charge in [0.1, 0.15) is 12.4 Å². The molecule has 158 valence electrons. The van der Waals surface area contributed by atoms with Gasteiger partial charge in [-0.15, -0.1) is 0 Å². The summed E-state index contributed by atoms with van der Waals surface area (Å²) in [5, 5.41) is 9.83. The number of aliphatic hydroxyl groups excluding tert-OH is 1. The summed E-state index contributed by atoms with van der Waals surface area (Å²) in [4.78, 5) is 24.9. The van der Waals surface area contributed by atoms with E-state index in [0.717, 1.165) is 5.56 Å². The van der Waals surface area contributed by atoms with Crippen LogP contribution in [0.4, 0.5) is 4.39 Å². The van der Waals surface area contributed by atoms with Crippen LogP contribution in [0.15, 0.2) is 54.1 Å². The van der Waals surface area contributed by atoms with Crippen molar-refractivity contribution in [3.05, 3.63) is 76.1 Å². The van der Waals surface area contributed by atoms with Crippen LogP contribution >= 0.6 is 11.6 Å². The zero-order valence-electron chi connectivity index (χ0n) is 16.4. The first-order valence-corrected chi connectivity index (χ1v) is 9.96. The predicted octanol–water partition coefficient (Wildman–Crippen LogP) is 4.28. The van der Waals surface area contributed by atoms with Gasteiger partial charge in [0.05, 0.1) is 17.5 Å². The smallest absolute Gasteiger partial charge is 0.334 e. The molecule has 1 N–H and O–H groups in total. The third-order valence-corrected chi connectivity index (χ3v) is 5.34. The third-order valence-electron chi connectivity index (χ3n) is 5.03. The van der Waals surface area contributed by atoms with E-state index in [9.17, 15) is 19.1 Å². The first-order valence-electron chi connectivity index (χ1n) is 9.59. The highest BCUT2D eigenvalue weighted by Gasteiger charge is 2.45. The van der Waals surface area contributed by atoms with E-state index < -0.39 is 35.9 Å². The summed E-state index contributed by atoms with van der Waals surface area (Å²) in [5.74, 6) is -2.16. The van der Waals surface area contributed by atoms with Crippen LogP contribution in [-0.4, -0.2) is 35.9 Å². The van der Waals surface area contributed by atoms with Crippen molar-refractivity contribution in [3.63, 3.8) is 0 Å². The maximum Gasteiger partial charge on any atom is 0.334 e. The molecule has 2 aromatic carbocycles. The quantitative estimate of drug-likeness (QED) is 0.522. The molecule has 0 amide bonds. The Morgan fingerprint density at radius 3 is 2.70 bits per heavy atom. The highest BCUT2D eigenvalue weighted by atomic mass is 35.5. The maximum absolute atomic E-state index is 13.7. The van der Waals surface area contributed by atoms with Gasteiger partial charge in [0.15, 0.2) is 5.60 Å². The van der Waals surface area contributed by atoms with Crippen LogP contribution in [0.1, 0.15) is 36.8 Å². The second-order valence-corrected chi connectivity index (χ2v) is 7.64. The molecule has 1 fully saturated rings. The highest BCUT2D eigenvalue weighted by molar-refractivity contribution is 6.30. The van der Waals surface area contributed by atoms with Crippen molar-refractivity contribution < 1.29 is 28.6 Å². The summed E-state index contributed by atoms with van der Waals surface area (Å²) in [5.41, 5.74) is 0.150. The van der Waals surface area contributed by atoms with Gasteiger partial charge < -0.3 is 14.6 Å². The van der Waals surface area contributed by atoms with E-state index in [2.05, 4.69) is 0 Å². The van der Waals surface area contributed by atoms with Crippen LogP contribution in [0.3, 0.4) is 0 Å². The summed E-state index contributed by atoms with van der Waals surface area (Å²) in [7, 11) is 0. The summed E-state index contributed by atoms with van der Waals surface area (Å²) < 4.78 is 24.4. The number of esters is 2. The number of hydrogen-bond acceptors (Lipinski definition) is 5. The van der Waals surface area contributed by atoms with E-state index in [4.69, 9.17) is 21.1 Å². The van der Waals surface area contributed by atoms with Crippen LogP contribution in [0, 0.1) is 5.82 Å². The Morgan fingerprint density at radius 1 is 1.33 bits per heavy atom. The summed E-state index contributed by atoms with van der Waals surface area (Å²) >= 11 is 5.68. The molecule has 0 aliphatic carbocycles. The third kappa shape index (κ3) is 4.89. The number of carbonyl (C=O) groups excluding carboxylic acids is 2. The van der Waals surface area contributed by atoms with Gasteiger partial charge in [-0.3, -0.25) is 4.79 Å². The van der Waals surface area contributed by atoms with Crippen molar-refractivity contribution in [2.45, 2.75) is 31.3 Å². The molecule has 0 aromatic heterocycles. The van der Waals surface area contributed by atoms with Crippen molar-refractivity contribution in [2.75, 3.05) is 13.2 Å². The number of aliphatic hydroxyl groups is 1. The number of halogens is 2. The molecule has 0 bridgehead atoms. The van der Waals surface area contributed by atoms with E-state index in [1.807, 2.05) is 37.3 Å². The summed E-state index contributed by atoms with van der Waals surface area (Å²) in [6.45, 7) is 1.09. The first kappa shape index (κ1) is 22.0. The highest BCUT2D eigenvalue weighted by Crippen LogP contribution is 2.33. The molecular formula is C23H22ClFO5. The van der Waals surface area contributed by atoms with Crippen molar-refractivity contribution in [1.82, 2.24) is 0 Å². The van der Waals surface area contributed by atoms with Gasteiger partial charge in [-0.2, -0.15) is 0 Å². The fraction of sp³-hybridized carbons (Fsp3) is 0.304. The maximum atomic E-state index is 13.7. The van der Waals surface area contributed by atoms with Crippen molar-refractivity contribution >= 4 is 29.6 Å². The minimum absolute atomic E-state index is 0.0216. The van der Waals surface area contributed by atoms with E-state index in [1.54, 1.807) is 6.07 Å². The van der Waals surface area contributed by atoms with E-state index >= 15 is 0 Å². The molecule has 3 rings (SSSR count). The monoisotopic (exact) mass is 432 g/mol. The molecule has 2 atom stereocenters. The minimum Gasteiger partial charge on any atom is -0.461 e. The number of cyclic esters (lactones) is 1. The number of carbonyl (C=O) groups is 2. The Labute approximate surface area is 179 Å².